The van der Waals surface area contributed by atoms with Crippen LogP contribution in [-0.2, 0) is 14.8 Å². The van der Waals surface area contributed by atoms with Crippen LogP contribution in [0.1, 0.15) is 35.2 Å². The van der Waals surface area contributed by atoms with Crippen LogP contribution in [0.4, 0.5) is 0 Å². The van der Waals surface area contributed by atoms with Gasteiger partial charge in [0.25, 0.3) is 11.8 Å². The number of amides is 2. The lowest BCUT2D eigenvalue weighted by atomic mass is 10.2. The third-order valence-electron chi connectivity index (χ3n) is 4.73. The van der Waals surface area contributed by atoms with Gasteiger partial charge in [-0.05, 0) is 54.8 Å². The van der Waals surface area contributed by atoms with Gasteiger partial charge in [0.1, 0.15) is 0 Å². The van der Waals surface area contributed by atoms with Crippen molar-refractivity contribution in [2.75, 3.05) is 19.6 Å². The second-order valence-corrected chi connectivity index (χ2v) is 9.87. The van der Waals surface area contributed by atoms with Gasteiger partial charge < -0.3 is 5.32 Å². The first-order valence-electron chi connectivity index (χ1n) is 9.82. The molecule has 1 aliphatic heterocycles. The van der Waals surface area contributed by atoms with Crippen LogP contribution in [0.5, 0.6) is 0 Å². The van der Waals surface area contributed by atoms with Gasteiger partial charge in [-0.15, -0.1) is 0 Å². The molecule has 0 saturated carbocycles. The molecule has 1 fully saturated rings. The molecule has 2 aromatic rings. The number of nitrogens with one attached hydrogen (secondary N) is 2. The number of carbonyl (C=O) groups is 2. The maximum absolute atomic E-state index is 12.7. The van der Waals surface area contributed by atoms with Crippen molar-refractivity contribution in [3.05, 3.63) is 64.1 Å². The second kappa shape index (κ2) is 10.7. The van der Waals surface area contributed by atoms with Gasteiger partial charge in [0.15, 0.2) is 0 Å². The van der Waals surface area contributed by atoms with E-state index in [0.717, 1.165) is 29.3 Å². The summed E-state index contributed by atoms with van der Waals surface area (Å²) in [4.78, 5) is 24.3. The Morgan fingerprint density at radius 1 is 1.06 bits per heavy atom. The summed E-state index contributed by atoms with van der Waals surface area (Å²) >= 11 is 3.35. The number of hydrogen-bond donors (Lipinski definition) is 2. The molecular formula is C21H23BrN4O4S. The van der Waals surface area contributed by atoms with Crippen LogP contribution in [0.2, 0.25) is 0 Å². The number of halogens is 1. The lowest BCUT2D eigenvalue weighted by molar-refractivity contribution is -0.120. The highest BCUT2D eigenvalue weighted by Crippen LogP contribution is 2.20. The highest BCUT2D eigenvalue weighted by atomic mass is 79.9. The molecule has 0 unspecified atom stereocenters. The minimum Gasteiger partial charge on any atom is -0.343 e. The molecule has 2 amide bonds. The Labute approximate surface area is 189 Å². The molecule has 0 atom stereocenters. The van der Waals surface area contributed by atoms with E-state index in [2.05, 4.69) is 31.8 Å². The molecule has 1 aliphatic rings. The summed E-state index contributed by atoms with van der Waals surface area (Å²) in [6, 6.07) is 13.1. The summed E-state index contributed by atoms with van der Waals surface area (Å²) in [6.45, 7) is 0.774. The van der Waals surface area contributed by atoms with Crippen LogP contribution < -0.4 is 10.7 Å². The van der Waals surface area contributed by atoms with Crippen LogP contribution >= 0.6 is 15.9 Å². The Balaban J connectivity index is 1.50. The molecule has 31 heavy (non-hydrogen) atoms. The number of hydrogen-bond acceptors (Lipinski definition) is 5. The van der Waals surface area contributed by atoms with E-state index in [1.54, 1.807) is 0 Å². The monoisotopic (exact) mass is 506 g/mol. The predicted molar refractivity (Wildman–Crippen MR) is 121 cm³/mol. The molecule has 3 rings (SSSR count). The van der Waals surface area contributed by atoms with Gasteiger partial charge in [-0.1, -0.05) is 34.5 Å². The van der Waals surface area contributed by atoms with E-state index in [0.29, 0.717) is 13.1 Å². The zero-order chi connectivity index (χ0) is 22.3. The van der Waals surface area contributed by atoms with Crippen molar-refractivity contribution in [1.82, 2.24) is 15.0 Å². The van der Waals surface area contributed by atoms with E-state index in [-0.39, 0.29) is 17.0 Å². The Kier molecular flexibility index (Phi) is 7.94. The highest BCUT2D eigenvalue weighted by Gasteiger charge is 2.25. The number of hydrazone groups is 1. The van der Waals surface area contributed by atoms with Crippen molar-refractivity contribution in [1.29, 1.82) is 0 Å². The van der Waals surface area contributed by atoms with Crippen molar-refractivity contribution in [2.45, 2.75) is 24.2 Å². The fourth-order valence-corrected chi connectivity index (χ4v) is 5.03. The van der Waals surface area contributed by atoms with Gasteiger partial charge in [0.05, 0.1) is 17.7 Å². The van der Waals surface area contributed by atoms with E-state index >= 15 is 0 Å². The van der Waals surface area contributed by atoms with Gasteiger partial charge in [-0.3, -0.25) is 9.59 Å². The van der Waals surface area contributed by atoms with E-state index < -0.39 is 21.8 Å². The number of benzene rings is 2. The molecular weight excluding hydrogens is 484 g/mol. The largest absolute Gasteiger partial charge is 0.343 e. The summed E-state index contributed by atoms with van der Waals surface area (Å²) in [6.07, 6.45) is 4.24. The number of nitrogens with zero attached hydrogens (tertiary/aromatic N) is 2. The lowest BCUT2D eigenvalue weighted by Gasteiger charge is -2.25. The maximum atomic E-state index is 12.7. The summed E-state index contributed by atoms with van der Waals surface area (Å²) in [5.41, 5.74) is 3.41. The molecule has 10 heteroatoms. The average molecular weight is 507 g/mol. The van der Waals surface area contributed by atoms with Gasteiger partial charge in [0.2, 0.25) is 10.0 Å². The van der Waals surface area contributed by atoms with Crippen LogP contribution in [0, 0.1) is 0 Å². The average Bonchev–Trinajstić information content (AvgIpc) is 2.78. The third kappa shape index (κ3) is 6.46. The lowest BCUT2D eigenvalue weighted by Crippen LogP contribution is -2.36. The summed E-state index contributed by atoms with van der Waals surface area (Å²) in [5, 5.41) is 6.33. The molecule has 0 aliphatic carbocycles. The number of rotatable bonds is 7. The molecule has 0 spiro atoms. The minimum absolute atomic E-state index is 0.158. The molecule has 0 radical (unpaired) electrons. The van der Waals surface area contributed by atoms with Crippen LogP contribution in [0.25, 0.3) is 0 Å². The maximum Gasteiger partial charge on any atom is 0.259 e. The standard InChI is InChI=1S/C21H23BrN4O4S/c22-18-6-4-5-16(13-18)14-24-25-20(27)15-23-21(28)17-7-9-19(10-8-17)31(29,30)26-11-2-1-3-12-26/h4-10,13-14H,1-3,11-12,15H2,(H,23,28)(H,25,27)/b24-14+. The summed E-state index contributed by atoms with van der Waals surface area (Å²) < 4.78 is 27.7. The topological polar surface area (TPSA) is 108 Å². The Hall–Kier alpha value is -2.56. The van der Waals surface area contributed by atoms with E-state index in [1.807, 2.05) is 24.3 Å². The zero-order valence-corrected chi connectivity index (χ0v) is 19.2. The van der Waals surface area contributed by atoms with Crippen LogP contribution in [-0.4, -0.2) is 50.4 Å². The first-order valence-corrected chi connectivity index (χ1v) is 12.1. The molecule has 1 heterocycles. The Morgan fingerprint density at radius 3 is 2.45 bits per heavy atom. The molecule has 164 valence electrons. The smallest absolute Gasteiger partial charge is 0.259 e. The van der Waals surface area contributed by atoms with Crippen molar-refractivity contribution < 1.29 is 18.0 Å². The van der Waals surface area contributed by atoms with E-state index in [1.165, 1.54) is 34.8 Å². The highest BCUT2D eigenvalue weighted by molar-refractivity contribution is 9.10. The molecule has 0 aromatic heterocycles. The second-order valence-electron chi connectivity index (χ2n) is 7.02. The SMILES string of the molecule is O=C(CNC(=O)c1ccc(S(=O)(=O)N2CCCCC2)cc1)N/N=C/c1cccc(Br)c1. The Bertz CT molecular complexity index is 1070. The molecule has 0 bridgehead atoms. The fraction of sp³-hybridized carbons (Fsp3) is 0.286. The quantitative estimate of drug-likeness (QED) is 0.444. The molecule has 8 nitrogen and oxygen atoms in total. The fourth-order valence-electron chi connectivity index (χ4n) is 3.10. The van der Waals surface area contributed by atoms with Crippen molar-refractivity contribution in [2.24, 2.45) is 5.10 Å². The predicted octanol–water partition coefficient (Wildman–Crippen LogP) is 2.50. The number of piperidine rings is 1. The van der Waals surface area contributed by atoms with Crippen molar-refractivity contribution >= 4 is 44.0 Å². The van der Waals surface area contributed by atoms with Crippen LogP contribution in [0.15, 0.2) is 63.0 Å². The van der Waals surface area contributed by atoms with Crippen molar-refractivity contribution in [3.8, 4) is 0 Å². The summed E-state index contributed by atoms with van der Waals surface area (Å²) in [5.74, 6) is -0.961. The first kappa shape index (κ1) is 23.1. The van der Waals surface area contributed by atoms with Crippen molar-refractivity contribution in [3.63, 3.8) is 0 Å². The van der Waals surface area contributed by atoms with Gasteiger partial charge in [-0.2, -0.15) is 9.41 Å². The number of sulfonamides is 1. The van der Waals surface area contributed by atoms with E-state index in [9.17, 15) is 18.0 Å². The molecule has 1 saturated heterocycles. The molecule has 2 N–H and O–H groups in total. The minimum atomic E-state index is -3.55. The normalized spacial score (nSPS) is 15.0. The van der Waals surface area contributed by atoms with Crippen LogP contribution in [0.3, 0.4) is 0 Å². The molecule has 2 aromatic carbocycles. The first-order chi connectivity index (χ1) is 14.9. The van der Waals surface area contributed by atoms with Gasteiger partial charge in [0, 0.05) is 23.1 Å². The zero-order valence-electron chi connectivity index (χ0n) is 16.8. The van der Waals surface area contributed by atoms with Gasteiger partial charge >= 0.3 is 0 Å². The van der Waals surface area contributed by atoms with Gasteiger partial charge in [-0.25, -0.2) is 13.8 Å². The van der Waals surface area contributed by atoms with E-state index in [4.69, 9.17) is 0 Å². The third-order valence-corrected chi connectivity index (χ3v) is 7.14. The number of carbonyl (C=O) groups excluding carboxylic acids is 2. The Morgan fingerprint density at radius 2 is 1.77 bits per heavy atom. The summed E-state index contributed by atoms with van der Waals surface area (Å²) in [7, 11) is -3.55.